The molecule has 0 spiro atoms. The monoisotopic (exact) mass is 371 g/mol. The highest BCUT2D eigenvalue weighted by atomic mass is 32.2. The Balaban J connectivity index is 3.65. The van der Waals surface area contributed by atoms with Crippen LogP contribution in [-0.2, 0) is 10.0 Å². The third-order valence-corrected chi connectivity index (χ3v) is 6.38. The lowest BCUT2D eigenvalue weighted by molar-refractivity contribution is 0.0825. The fraction of sp³-hybridized carbons (Fsp3) is 0.684. The maximum Gasteiger partial charge on any atom is 0.243 e. The molecule has 1 rings (SSSR count). The lowest BCUT2D eigenvalue weighted by atomic mass is 9.89. The summed E-state index contributed by atoms with van der Waals surface area (Å²) in [6.45, 7) is 11.6. The summed E-state index contributed by atoms with van der Waals surface area (Å²) in [5, 5.41) is 18.7. The highest BCUT2D eigenvalue weighted by Crippen LogP contribution is 2.36. The molecule has 0 amide bonds. The van der Waals surface area contributed by atoms with Crippen molar-refractivity contribution in [2.24, 2.45) is 0 Å². The highest BCUT2D eigenvalue weighted by Gasteiger charge is 2.30. The Morgan fingerprint density at radius 2 is 1.40 bits per heavy atom. The van der Waals surface area contributed by atoms with E-state index in [4.69, 9.17) is 5.11 Å². The van der Waals surface area contributed by atoms with Gasteiger partial charge in [0.1, 0.15) is 0 Å². The van der Waals surface area contributed by atoms with Gasteiger partial charge in [-0.2, -0.15) is 4.31 Å². The number of aliphatic hydroxyl groups is 2. The van der Waals surface area contributed by atoms with E-state index in [1.54, 1.807) is 0 Å². The van der Waals surface area contributed by atoms with Gasteiger partial charge in [0.15, 0.2) is 0 Å². The van der Waals surface area contributed by atoms with E-state index in [1.165, 1.54) is 7.05 Å². The standard InChI is InChI=1S/C19H33NO4S/c1-12(2)15-8-17(13(3)4)19(18(9-15)14(5)6)25(23,24)20(7)10-16(22)11-21/h8-9,12-14,16,21-22H,10-11H2,1-7H3. The molecule has 25 heavy (non-hydrogen) atoms. The molecule has 0 radical (unpaired) electrons. The van der Waals surface area contributed by atoms with E-state index >= 15 is 0 Å². The summed E-state index contributed by atoms with van der Waals surface area (Å²) < 4.78 is 27.6. The Morgan fingerprint density at radius 1 is 0.960 bits per heavy atom. The van der Waals surface area contributed by atoms with Crippen LogP contribution in [0, 0.1) is 0 Å². The zero-order chi connectivity index (χ0) is 19.5. The topological polar surface area (TPSA) is 77.8 Å². The van der Waals surface area contributed by atoms with Gasteiger partial charge < -0.3 is 10.2 Å². The third-order valence-electron chi connectivity index (χ3n) is 4.43. The zero-order valence-corrected chi connectivity index (χ0v) is 17.3. The number of likely N-dealkylation sites (N-methyl/N-ethyl adjacent to an activating group) is 1. The van der Waals surface area contributed by atoms with E-state index in [9.17, 15) is 13.5 Å². The van der Waals surface area contributed by atoms with Crippen LogP contribution in [0.25, 0.3) is 0 Å². The second kappa shape index (κ2) is 8.62. The van der Waals surface area contributed by atoms with E-state index in [0.717, 1.165) is 21.0 Å². The molecule has 2 N–H and O–H groups in total. The van der Waals surface area contributed by atoms with Gasteiger partial charge in [-0.05, 0) is 34.4 Å². The van der Waals surface area contributed by atoms with Crippen LogP contribution in [0.4, 0.5) is 0 Å². The molecule has 1 atom stereocenters. The summed E-state index contributed by atoms with van der Waals surface area (Å²) in [6.07, 6.45) is -1.10. The number of aliphatic hydroxyl groups excluding tert-OH is 2. The minimum atomic E-state index is -3.78. The maximum atomic E-state index is 13.2. The first-order valence-electron chi connectivity index (χ1n) is 8.86. The van der Waals surface area contributed by atoms with Crippen molar-refractivity contribution in [3.8, 4) is 0 Å². The van der Waals surface area contributed by atoms with Crippen LogP contribution in [0.5, 0.6) is 0 Å². The van der Waals surface area contributed by atoms with Crippen LogP contribution in [0.15, 0.2) is 17.0 Å². The Kier molecular flexibility index (Phi) is 7.62. The van der Waals surface area contributed by atoms with Crippen molar-refractivity contribution < 1.29 is 18.6 Å². The first-order valence-corrected chi connectivity index (χ1v) is 10.3. The van der Waals surface area contributed by atoms with Crippen molar-refractivity contribution in [3.63, 3.8) is 0 Å². The summed E-state index contributed by atoms with van der Waals surface area (Å²) in [6, 6.07) is 3.98. The van der Waals surface area contributed by atoms with Crippen molar-refractivity contribution in [2.45, 2.75) is 70.3 Å². The van der Waals surface area contributed by atoms with Crippen LogP contribution >= 0.6 is 0 Å². The fourth-order valence-electron chi connectivity index (χ4n) is 2.80. The molecule has 0 aliphatic rings. The van der Waals surface area contributed by atoms with Gasteiger partial charge in [0.2, 0.25) is 10.0 Å². The van der Waals surface area contributed by atoms with Crippen molar-refractivity contribution in [1.82, 2.24) is 4.31 Å². The smallest absolute Gasteiger partial charge is 0.243 e. The summed E-state index contributed by atoms with van der Waals surface area (Å²) in [5.41, 5.74) is 2.74. The van der Waals surface area contributed by atoms with Crippen LogP contribution in [0.2, 0.25) is 0 Å². The third kappa shape index (κ3) is 5.03. The fourth-order valence-corrected chi connectivity index (χ4v) is 4.66. The SMILES string of the molecule is CC(C)c1cc(C(C)C)c(S(=O)(=O)N(C)CC(O)CO)c(C(C)C)c1. The van der Waals surface area contributed by atoms with Gasteiger partial charge in [-0.25, -0.2) is 8.42 Å². The van der Waals surface area contributed by atoms with E-state index < -0.39 is 22.7 Å². The number of hydrogen-bond donors (Lipinski definition) is 2. The Bertz CT molecular complexity index is 652. The van der Waals surface area contributed by atoms with Gasteiger partial charge in [0, 0.05) is 13.6 Å². The van der Waals surface area contributed by atoms with Crippen LogP contribution < -0.4 is 0 Å². The molecule has 0 saturated carbocycles. The maximum absolute atomic E-state index is 13.2. The molecule has 1 aromatic rings. The molecule has 0 saturated heterocycles. The van der Waals surface area contributed by atoms with Gasteiger partial charge in [-0.1, -0.05) is 53.7 Å². The molecule has 5 nitrogen and oxygen atoms in total. The average Bonchev–Trinajstić information content (AvgIpc) is 2.52. The van der Waals surface area contributed by atoms with Crippen LogP contribution in [-0.4, -0.2) is 49.2 Å². The number of sulfonamides is 1. The summed E-state index contributed by atoms with van der Waals surface area (Å²) in [7, 11) is -2.33. The molecule has 144 valence electrons. The molecule has 0 bridgehead atoms. The average molecular weight is 372 g/mol. The number of hydrogen-bond acceptors (Lipinski definition) is 4. The van der Waals surface area contributed by atoms with E-state index in [1.807, 2.05) is 39.8 Å². The van der Waals surface area contributed by atoms with Crippen molar-refractivity contribution in [1.29, 1.82) is 0 Å². The predicted molar refractivity (Wildman–Crippen MR) is 102 cm³/mol. The van der Waals surface area contributed by atoms with Gasteiger partial charge >= 0.3 is 0 Å². The highest BCUT2D eigenvalue weighted by molar-refractivity contribution is 7.89. The van der Waals surface area contributed by atoms with Crippen molar-refractivity contribution >= 4 is 10.0 Å². The molecule has 1 unspecified atom stereocenters. The molecule has 0 fully saturated rings. The second-order valence-corrected chi connectivity index (χ2v) is 9.60. The lowest BCUT2D eigenvalue weighted by Crippen LogP contribution is -2.37. The van der Waals surface area contributed by atoms with Crippen LogP contribution in [0.1, 0.15) is 76.0 Å². The van der Waals surface area contributed by atoms with Crippen molar-refractivity contribution in [3.05, 3.63) is 28.8 Å². The Hall–Kier alpha value is -0.950. The summed E-state index contributed by atoms with van der Waals surface area (Å²) in [5.74, 6) is 0.412. The van der Waals surface area contributed by atoms with Gasteiger partial charge in [0.25, 0.3) is 0 Å². The minimum Gasteiger partial charge on any atom is -0.394 e. The number of nitrogens with zero attached hydrogens (tertiary/aromatic N) is 1. The number of benzene rings is 1. The zero-order valence-electron chi connectivity index (χ0n) is 16.4. The molecule has 0 aliphatic carbocycles. The lowest BCUT2D eigenvalue weighted by Gasteiger charge is -2.27. The summed E-state index contributed by atoms with van der Waals surface area (Å²) in [4.78, 5) is 0.342. The molecule has 0 aromatic heterocycles. The Labute approximate surface area is 152 Å². The Morgan fingerprint density at radius 3 is 1.72 bits per heavy atom. The minimum absolute atomic E-state index is 0.0529. The second-order valence-electron chi connectivity index (χ2n) is 7.61. The quantitative estimate of drug-likeness (QED) is 0.736. The molecule has 1 aromatic carbocycles. The normalized spacial score (nSPS) is 14.1. The van der Waals surface area contributed by atoms with Gasteiger partial charge in [0.05, 0.1) is 17.6 Å². The van der Waals surface area contributed by atoms with E-state index in [2.05, 4.69) is 13.8 Å². The van der Waals surface area contributed by atoms with E-state index in [-0.39, 0.29) is 18.4 Å². The predicted octanol–water partition coefficient (Wildman–Crippen LogP) is 3.03. The molecule has 6 heteroatoms. The van der Waals surface area contributed by atoms with Crippen LogP contribution in [0.3, 0.4) is 0 Å². The van der Waals surface area contributed by atoms with Crippen molar-refractivity contribution in [2.75, 3.05) is 20.2 Å². The van der Waals surface area contributed by atoms with Gasteiger partial charge in [-0.3, -0.25) is 0 Å². The molecule has 0 heterocycles. The molecular weight excluding hydrogens is 338 g/mol. The van der Waals surface area contributed by atoms with E-state index in [0.29, 0.717) is 10.8 Å². The molecule has 0 aliphatic heterocycles. The summed E-state index contributed by atoms with van der Waals surface area (Å²) >= 11 is 0. The first kappa shape index (κ1) is 22.1. The van der Waals surface area contributed by atoms with Gasteiger partial charge in [-0.15, -0.1) is 0 Å². The first-order chi connectivity index (χ1) is 11.4. The largest absolute Gasteiger partial charge is 0.394 e. The molecular formula is C19H33NO4S. The number of rotatable bonds is 8.